The Morgan fingerprint density at radius 1 is 1.67 bits per heavy atom. The van der Waals surface area contributed by atoms with Gasteiger partial charge in [-0.15, -0.1) is 11.3 Å². The molecule has 1 rings (SSSR count). The molecule has 1 aromatic heterocycles. The Bertz CT molecular complexity index is 400. The summed E-state index contributed by atoms with van der Waals surface area (Å²) >= 11 is 1.31. The molecule has 0 aromatic carbocycles. The summed E-state index contributed by atoms with van der Waals surface area (Å²) in [6, 6.07) is 3.49. The summed E-state index contributed by atoms with van der Waals surface area (Å²) in [6.45, 7) is 1.87. The lowest BCUT2D eigenvalue weighted by atomic mass is 10.3. The van der Waals surface area contributed by atoms with Gasteiger partial charge in [0.15, 0.2) is 12.4 Å². The predicted octanol–water partition coefficient (Wildman–Crippen LogP) is 1.74. The van der Waals surface area contributed by atoms with E-state index in [1.165, 1.54) is 11.3 Å². The highest BCUT2D eigenvalue weighted by molar-refractivity contribution is 7.14. The van der Waals surface area contributed by atoms with Crippen molar-refractivity contribution in [1.29, 1.82) is 5.26 Å². The first-order valence-electron chi connectivity index (χ1n) is 3.23. The Balaban J connectivity index is 3.09. The van der Waals surface area contributed by atoms with Crippen LogP contribution >= 0.6 is 11.3 Å². The molecule has 0 radical (unpaired) electrons. The molecule has 0 atom stereocenters. The van der Waals surface area contributed by atoms with Crippen LogP contribution < -0.4 is 0 Å². The molecule has 3 heteroatoms. The highest BCUT2D eigenvalue weighted by Gasteiger charge is 2.00. The first-order valence-corrected chi connectivity index (χ1v) is 4.05. The van der Waals surface area contributed by atoms with Gasteiger partial charge in [0.2, 0.25) is 0 Å². The first-order chi connectivity index (χ1) is 5.77. The third-order valence-corrected chi connectivity index (χ3v) is 2.36. The second-order valence-electron chi connectivity index (χ2n) is 2.14. The molecule has 0 spiro atoms. The third-order valence-electron chi connectivity index (χ3n) is 1.28. The normalized spacial score (nSPS) is 8.00. The molecule has 2 nitrogen and oxygen atoms in total. The number of rotatable bonds is 1. The van der Waals surface area contributed by atoms with Crippen molar-refractivity contribution in [2.45, 2.75) is 6.92 Å². The fourth-order valence-corrected chi connectivity index (χ4v) is 1.62. The van der Waals surface area contributed by atoms with Crippen molar-refractivity contribution in [3.05, 3.63) is 21.4 Å². The topological polar surface area (TPSA) is 40.9 Å². The van der Waals surface area contributed by atoms with Gasteiger partial charge < -0.3 is 0 Å². The van der Waals surface area contributed by atoms with E-state index in [1.54, 1.807) is 12.1 Å². The van der Waals surface area contributed by atoms with Crippen molar-refractivity contribution in [2.24, 2.45) is 0 Å². The first kappa shape index (κ1) is 8.52. The van der Waals surface area contributed by atoms with Gasteiger partial charge in [-0.3, -0.25) is 4.79 Å². The van der Waals surface area contributed by atoms with E-state index < -0.39 is 0 Å². The summed E-state index contributed by atoms with van der Waals surface area (Å²) < 4.78 is 0. The number of nitrogens with zero attached hydrogens (tertiary/aromatic N) is 1. The Labute approximate surface area is 74.4 Å². The molecule has 0 N–H and O–H groups in total. The fourth-order valence-electron chi connectivity index (χ4n) is 0.774. The Morgan fingerprint density at radius 3 is 2.92 bits per heavy atom. The van der Waals surface area contributed by atoms with Gasteiger partial charge in [-0.1, -0.05) is 0 Å². The van der Waals surface area contributed by atoms with E-state index in [-0.39, 0.29) is 0 Å². The molecule has 0 aliphatic carbocycles. The van der Waals surface area contributed by atoms with Gasteiger partial charge in [0.05, 0.1) is 9.75 Å². The maximum absolute atomic E-state index is 10.3. The summed E-state index contributed by atoms with van der Waals surface area (Å²) in [5.74, 6) is 4.96. The average molecular weight is 175 g/mol. The van der Waals surface area contributed by atoms with Crippen LogP contribution in [0, 0.1) is 30.1 Å². The van der Waals surface area contributed by atoms with Crippen LogP contribution in [0.4, 0.5) is 0 Å². The van der Waals surface area contributed by atoms with Crippen LogP contribution in [0.25, 0.3) is 0 Å². The zero-order valence-corrected chi connectivity index (χ0v) is 7.23. The maximum Gasteiger partial charge on any atom is 0.160 e. The minimum absolute atomic E-state index is 0.648. The van der Waals surface area contributed by atoms with Crippen molar-refractivity contribution >= 4 is 17.6 Å². The number of thiophene rings is 1. The summed E-state index contributed by atoms with van der Waals surface area (Å²) in [4.78, 5) is 11.8. The number of aldehydes is 1. The Morgan fingerprint density at radius 2 is 2.42 bits per heavy atom. The number of hydrogen-bond acceptors (Lipinski definition) is 3. The minimum Gasteiger partial charge on any atom is -0.297 e. The van der Waals surface area contributed by atoms with E-state index in [4.69, 9.17) is 5.26 Å². The van der Waals surface area contributed by atoms with E-state index >= 15 is 0 Å². The summed E-state index contributed by atoms with van der Waals surface area (Å²) in [5, 5.41) is 8.19. The molecule has 0 bridgehead atoms. The molecule has 1 aromatic rings. The van der Waals surface area contributed by atoms with E-state index in [9.17, 15) is 4.79 Å². The number of carbonyl (C=O) groups excluding carboxylic acids is 1. The van der Waals surface area contributed by atoms with Crippen molar-refractivity contribution in [1.82, 2.24) is 0 Å². The van der Waals surface area contributed by atoms with Gasteiger partial charge in [0.1, 0.15) is 0 Å². The van der Waals surface area contributed by atoms with Crippen LogP contribution in [0.15, 0.2) is 6.07 Å². The molecule has 0 unspecified atom stereocenters. The molecule has 58 valence electrons. The standard InChI is InChI=1S/C9H5NOS/c1-7-5-8(6-11)12-9(7)3-2-4-10/h5-6H,1H3. The smallest absolute Gasteiger partial charge is 0.160 e. The van der Waals surface area contributed by atoms with Gasteiger partial charge in [0.25, 0.3) is 0 Å². The summed E-state index contributed by atoms with van der Waals surface area (Å²) in [6.07, 6.45) is 0.787. The largest absolute Gasteiger partial charge is 0.297 e. The maximum atomic E-state index is 10.3. The molecule has 0 aliphatic rings. The second-order valence-corrected chi connectivity index (χ2v) is 3.22. The van der Waals surface area contributed by atoms with Crippen LogP contribution in [0.3, 0.4) is 0 Å². The van der Waals surface area contributed by atoms with Crippen molar-refractivity contribution in [3.63, 3.8) is 0 Å². The molecule has 0 saturated heterocycles. The summed E-state index contributed by atoms with van der Waals surface area (Å²) in [7, 11) is 0. The van der Waals surface area contributed by atoms with Crippen molar-refractivity contribution in [3.8, 4) is 17.9 Å². The Kier molecular flexibility index (Phi) is 2.63. The van der Waals surface area contributed by atoms with Crippen LogP contribution in [0.2, 0.25) is 0 Å². The van der Waals surface area contributed by atoms with Gasteiger partial charge in [0, 0.05) is 5.92 Å². The number of nitriles is 1. The van der Waals surface area contributed by atoms with Crippen LogP contribution in [0.1, 0.15) is 20.1 Å². The molecule has 0 fully saturated rings. The fraction of sp³-hybridized carbons (Fsp3) is 0.111. The zero-order chi connectivity index (χ0) is 8.97. The number of carbonyl (C=O) groups is 1. The quantitative estimate of drug-likeness (QED) is 0.482. The highest BCUT2D eigenvalue weighted by Crippen LogP contribution is 2.18. The van der Waals surface area contributed by atoms with Gasteiger partial charge in [-0.05, 0) is 24.5 Å². The van der Waals surface area contributed by atoms with E-state index in [0.29, 0.717) is 4.88 Å². The highest BCUT2D eigenvalue weighted by atomic mass is 32.1. The molecule has 0 saturated carbocycles. The molecule has 0 amide bonds. The molecule has 0 aliphatic heterocycles. The van der Waals surface area contributed by atoms with Gasteiger partial charge in [-0.25, -0.2) is 0 Å². The summed E-state index contributed by atoms with van der Waals surface area (Å²) in [5.41, 5.74) is 0.949. The number of aryl methyl sites for hydroxylation is 1. The average Bonchev–Trinajstić information content (AvgIpc) is 2.43. The molecular weight excluding hydrogens is 170 g/mol. The van der Waals surface area contributed by atoms with Gasteiger partial charge >= 0.3 is 0 Å². The van der Waals surface area contributed by atoms with Crippen LogP contribution in [0.5, 0.6) is 0 Å². The third kappa shape index (κ3) is 1.72. The predicted molar refractivity (Wildman–Crippen MR) is 46.9 cm³/mol. The molecule has 12 heavy (non-hydrogen) atoms. The van der Waals surface area contributed by atoms with Crippen LogP contribution in [-0.2, 0) is 0 Å². The van der Waals surface area contributed by atoms with Crippen LogP contribution in [-0.4, -0.2) is 6.29 Å². The molecular formula is C9H5NOS. The minimum atomic E-state index is 0.648. The Hall–Kier alpha value is -1.58. The lowest BCUT2D eigenvalue weighted by Gasteiger charge is -1.80. The van der Waals surface area contributed by atoms with Crippen molar-refractivity contribution < 1.29 is 4.79 Å². The van der Waals surface area contributed by atoms with E-state index in [0.717, 1.165) is 16.7 Å². The molecule has 1 heterocycles. The number of hydrogen-bond donors (Lipinski definition) is 0. The zero-order valence-electron chi connectivity index (χ0n) is 6.42. The lowest BCUT2D eigenvalue weighted by Crippen LogP contribution is -1.67. The van der Waals surface area contributed by atoms with Crippen molar-refractivity contribution in [2.75, 3.05) is 0 Å². The van der Waals surface area contributed by atoms with Gasteiger partial charge in [-0.2, -0.15) is 5.26 Å². The van der Waals surface area contributed by atoms with E-state index in [2.05, 4.69) is 11.8 Å². The van der Waals surface area contributed by atoms with E-state index in [1.807, 2.05) is 6.92 Å². The lowest BCUT2D eigenvalue weighted by molar-refractivity contribution is 0.112. The monoisotopic (exact) mass is 175 g/mol. The second kappa shape index (κ2) is 3.71. The SMILES string of the molecule is Cc1cc(C=O)sc1C#CC#N.